The lowest BCUT2D eigenvalue weighted by Gasteiger charge is -2.23. The summed E-state index contributed by atoms with van der Waals surface area (Å²) in [7, 11) is 2.06. The van der Waals surface area contributed by atoms with Gasteiger partial charge < -0.3 is 16.0 Å². The summed E-state index contributed by atoms with van der Waals surface area (Å²) in [6.07, 6.45) is 1.29. The largest absolute Gasteiger partial charge is 0.355 e. The van der Waals surface area contributed by atoms with E-state index in [2.05, 4.69) is 51.9 Å². The minimum atomic E-state index is -0.0483. The molecule has 4 nitrogen and oxygen atoms in total. The number of hydrogen-bond donors (Lipinski definition) is 2. The molecule has 3 N–H and O–H groups in total. The van der Waals surface area contributed by atoms with Crippen molar-refractivity contribution in [3.8, 4) is 0 Å². The summed E-state index contributed by atoms with van der Waals surface area (Å²) >= 11 is 0. The Hall–Kier alpha value is -0.610. The second-order valence-electron chi connectivity index (χ2n) is 6.65. The van der Waals surface area contributed by atoms with Gasteiger partial charge in [-0.05, 0) is 32.7 Å². The predicted octanol–water partition coefficient (Wildman–Crippen LogP) is 1.60. The maximum atomic E-state index is 11.7. The van der Waals surface area contributed by atoms with Gasteiger partial charge in [-0.25, -0.2) is 0 Å². The highest BCUT2D eigenvalue weighted by Gasteiger charge is 2.17. The standard InChI is InChI=1S/C14H31N3O/c1-11(2)17(6)8-7-16-13(18)9-12(15)10-14(3,4)5/h11-12H,7-10,15H2,1-6H3,(H,16,18). The molecule has 0 aliphatic rings. The lowest BCUT2D eigenvalue weighted by molar-refractivity contribution is -0.121. The van der Waals surface area contributed by atoms with Crippen molar-refractivity contribution >= 4 is 5.91 Å². The molecule has 0 saturated carbocycles. The van der Waals surface area contributed by atoms with Crippen LogP contribution in [0.3, 0.4) is 0 Å². The summed E-state index contributed by atoms with van der Waals surface area (Å²) in [6.45, 7) is 12.3. The first-order valence-corrected chi connectivity index (χ1v) is 6.84. The number of amides is 1. The zero-order valence-corrected chi connectivity index (χ0v) is 12.9. The molecule has 0 aromatic heterocycles. The predicted molar refractivity (Wildman–Crippen MR) is 77.4 cm³/mol. The summed E-state index contributed by atoms with van der Waals surface area (Å²) in [6, 6.07) is 0.456. The first-order valence-electron chi connectivity index (χ1n) is 6.84. The van der Waals surface area contributed by atoms with Crippen LogP contribution in [0.1, 0.15) is 47.5 Å². The van der Waals surface area contributed by atoms with E-state index < -0.39 is 0 Å². The summed E-state index contributed by atoms with van der Waals surface area (Å²) in [5.74, 6) is 0.0592. The molecule has 1 amide bonds. The van der Waals surface area contributed by atoms with E-state index in [4.69, 9.17) is 5.73 Å². The lowest BCUT2D eigenvalue weighted by atomic mass is 9.87. The van der Waals surface area contributed by atoms with Gasteiger partial charge >= 0.3 is 0 Å². The number of nitrogens with two attached hydrogens (primary N) is 1. The third-order valence-corrected chi connectivity index (χ3v) is 2.99. The zero-order chi connectivity index (χ0) is 14.3. The molecular formula is C14H31N3O. The second kappa shape index (κ2) is 7.74. The van der Waals surface area contributed by atoms with Crippen molar-refractivity contribution in [2.45, 2.75) is 59.5 Å². The Labute approximate surface area is 112 Å². The van der Waals surface area contributed by atoms with Gasteiger partial charge in [-0.3, -0.25) is 4.79 Å². The second-order valence-corrected chi connectivity index (χ2v) is 6.65. The van der Waals surface area contributed by atoms with Crippen LogP contribution < -0.4 is 11.1 Å². The van der Waals surface area contributed by atoms with Crippen LogP contribution in [-0.2, 0) is 4.79 Å². The Balaban J connectivity index is 3.78. The van der Waals surface area contributed by atoms with Crippen molar-refractivity contribution in [1.82, 2.24) is 10.2 Å². The van der Waals surface area contributed by atoms with E-state index in [-0.39, 0.29) is 17.4 Å². The van der Waals surface area contributed by atoms with Gasteiger partial charge in [0.05, 0.1) is 0 Å². The highest BCUT2D eigenvalue weighted by Crippen LogP contribution is 2.20. The Bertz CT molecular complexity index is 246. The van der Waals surface area contributed by atoms with Crippen molar-refractivity contribution < 1.29 is 4.79 Å². The van der Waals surface area contributed by atoms with Crippen molar-refractivity contribution in [3.63, 3.8) is 0 Å². The first-order chi connectivity index (χ1) is 8.11. The van der Waals surface area contributed by atoms with Crippen LogP contribution in [0.2, 0.25) is 0 Å². The maximum absolute atomic E-state index is 11.7. The van der Waals surface area contributed by atoms with Crippen molar-refractivity contribution in [3.05, 3.63) is 0 Å². The Morgan fingerprint density at radius 3 is 2.33 bits per heavy atom. The first kappa shape index (κ1) is 17.4. The molecule has 0 fully saturated rings. The average molecular weight is 257 g/mol. The molecule has 1 unspecified atom stereocenters. The Morgan fingerprint density at radius 1 is 1.33 bits per heavy atom. The highest BCUT2D eigenvalue weighted by molar-refractivity contribution is 5.76. The van der Waals surface area contributed by atoms with Crippen LogP contribution in [0.15, 0.2) is 0 Å². The van der Waals surface area contributed by atoms with Crippen LogP contribution in [0.4, 0.5) is 0 Å². The quantitative estimate of drug-likeness (QED) is 0.728. The van der Waals surface area contributed by atoms with E-state index in [1.54, 1.807) is 0 Å². The van der Waals surface area contributed by atoms with Crippen LogP contribution in [0.25, 0.3) is 0 Å². The molecule has 0 spiro atoms. The zero-order valence-electron chi connectivity index (χ0n) is 12.9. The van der Waals surface area contributed by atoms with E-state index in [0.717, 1.165) is 13.0 Å². The van der Waals surface area contributed by atoms with E-state index in [1.807, 2.05) is 0 Å². The summed E-state index contributed by atoms with van der Waals surface area (Å²) in [4.78, 5) is 13.9. The van der Waals surface area contributed by atoms with Gasteiger partial charge in [0, 0.05) is 31.6 Å². The maximum Gasteiger partial charge on any atom is 0.221 e. The van der Waals surface area contributed by atoms with Crippen molar-refractivity contribution in [2.75, 3.05) is 20.1 Å². The molecule has 0 radical (unpaired) electrons. The molecule has 0 saturated heterocycles. The fourth-order valence-corrected chi connectivity index (χ4v) is 1.80. The van der Waals surface area contributed by atoms with Gasteiger partial charge in [0.15, 0.2) is 0 Å². The molecule has 0 aromatic carbocycles. The molecule has 1 atom stereocenters. The molecule has 18 heavy (non-hydrogen) atoms. The molecule has 108 valence electrons. The molecule has 0 aliphatic heterocycles. The van der Waals surface area contributed by atoms with E-state index >= 15 is 0 Å². The number of hydrogen-bond acceptors (Lipinski definition) is 3. The highest BCUT2D eigenvalue weighted by atomic mass is 16.1. The van der Waals surface area contributed by atoms with E-state index in [1.165, 1.54) is 0 Å². The van der Waals surface area contributed by atoms with Crippen LogP contribution in [0, 0.1) is 5.41 Å². The molecule has 0 aliphatic carbocycles. The molecular weight excluding hydrogens is 226 g/mol. The van der Waals surface area contributed by atoms with Crippen LogP contribution >= 0.6 is 0 Å². The Kier molecular flexibility index (Phi) is 7.48. The number of rotatable bonds is 7. The number of carbonyl (C=O) groups is 1. The minimum Gasteiger partial charge on any atom is -0.355 e. The molecule has 0 heterocycles. The van der Waals surface area contributed by atoms with Gasteiger partial charge in [0.25, 0.3) is 0 Å². The third-order valence-electron chi connectivity index (χ3n) is 2.99. The van der Waals surface area contributed by atoms with Gasteiger partial charge in [-0.15, -0.1) is 0 Å². The molecule has 0 aromatic rings. The third kappa shape index (κ3) is 9.42. The summed E-state index contributed by atoms with van der Waals surface area (Å²) in [5, 5.41) is 2.92. The Morgan fingerprint density at radius 2 is 1.89 bits per heavy atom. The fourth-order valence-electron chi connectivity index (χ4n) is 1.80. The smallest absolute Gasteiger partial charge is 0.221 e. The molecule has 0 rings (SSSR count). The monoisotopic (exact) mass is 257 g/mol. The average Bonchev–Trinajstić information content (AvgIpc) is 2.13. The summed E-state index contributed by atoms with van der Waals surface area (Å²) in [5.41, 5.74) is 6.15. The topological polar surface area (TPSA) is 58.4 Å². The normalized spacial score (nSPS) is 14.1. The van der Waals surface area contributed by atoms with E-state index in [0.29, 0.717) is 19.0 Å². The van der Waals surface area contributed by atoms with Gasteiger partial charge in [-0.2, -0.15) is 0 Å². The number of nitrogens with one attached hydrogen (secondary N) is 1. The van der Waals surface area contributed by atoms with E-state index in [9.17, 15) is 4.79 Å². The SMILES string of the molecule is CC(C)N(C)CCNC(=O)CC(N)CC(C)(C)C. The van der Waals surface area contributed by atoms with Crippen molar-refractivity contribution in [1.29, 1.82) is 0 Å². The van der Waals surface area contributed by atoms with Gasteiger partial charge in [-0.1, -0.05) is 20.8 Å². The summed E-state index contributed by atoms with van der Waals surface area (Å²) < 4.78 is 0. The van der Waals surface area contributed by atoms with Gasteiger partial charge in [0.1, 0.15) is 0 Å². The molecule has 0 bridgehead atoms. The number of carbonyl (C=O) groups excluding carboxylic acids is 1. The van der Waals surface area contributed by atoms with Crippen molar-refractivity contribution in [2.24, 2.45) is 11.1 Å². The van der Waals surface area contributed by atoms with Gasteiger partial charge in [0.2, 0.25) is 5.91 Å². The van der Waals surface area contributed by atoms with Crippen LogP contribution in [0.5, 0.6) is 0 Å². The molecule has 4 heteroatoms. The lowest BCUT2D eigenvalue weighted by Crippen LogP contribution is -2.38. The number of nitrogens with zero attached hydrogens (tertiary/aromatic N) is 1. The minimum absolute atomic E-state index is 0.0483. The van der Waals surface area contributed by atoms with Crippen LogP contribution in [-0.4, -0.2) is 43.0 Å². The number of likely N-dealkylation sites (N-methyl/N-ethyl adjacent to an activating group) is 1. The fraction of sp³-hybridized carbons (Fsp3) is 0.929.